The molecule has 0 saturated carbocycles. The Kier molecular flexibility index (Phi) is 2.67. The Morgan fingerprint density at radius 2 is 1.88 bits per heavy atom. The van der Waals surface area contributed by atoms with Crippen LogP contribution in [0.5, 0.6) is 0 Å². The molecule has 0 amide bonds. The first-order valence-corrected chi connectivity index (χ1v) is 6.80. The Labute approximate surface area is 103 Å². The summed E-state index contributed by atoms with van der Waals surface area (Å²) < 4.78 is 0. The van der Waals surface area contributed by atoms with Crippen LogP contribution >= 0.6 is 0 Å². The van der Waals surface area contributed by atoms with Gasteiger partial charge in [0, 0.05) is 50.6 Å². The van der Waals surface area contributed by atoms with E-state index in [1.165, 1.54) is 13.1 Å². The number of hydrogen-bond acceptors (Lipinski definition) is 4. The Bertz CT molecular complexity index is 324. The molecule has 4 aliphatic heterocycles. The summed E-state index contributed by atoms with van der Waals surface area (Å²) in [5, 5.41) is 13.1. The largest absolute Gasteiger partial charge is 0.411 e. The highest BCUT2D eigenvalue weighted by molar-refractivity contribution is 5.94. The third-order valence-electron chi connectivity index (χ3n) is 4.58. The Balaban J connectivity index is 1.98. The Hall–Kier alpha value is -0.610. The number of piperidine rings is 2. The molecule has 4 heterocycles. The van der Waals surface area contributed by atoms with Crippen LogP contribution in [0.3, 0.4) is 0 Å². The smallest absolute Gasteiger partial charge is 0.0714 e. The molecule has 4 bridgehead atoms. The van der Waals surface area contributed by atoms with Crippen LogP contribution in [0.4, 0.5) is 0 Å². The van der Waals surface area contributed by atoms with Crippen LogP contribution in [0, 0.1) is 17.3 Å². The van der Waals surface area contributed by atoms with Crippen molar-refractivity contribution in [3.63, 3.8) is 0 Å². The lowest BCUT2D eigenvalue weighted by Gasteiger charge is -2.50. The van der Waals surface area contributed by atoms with Gasteiger partial charge in [-0.2, -0.15) is 0 Å². The van der Waals surface area contributed by atoms with E-state index in [0.717, 1.165) is 38.3 Å². The summed E-state index contributed by atoms with van der Waals surface area (Å²) in [5.41, 5.74) is 1.22. The molecule has 2 unspecified atom stereocenters. The lowest BCUT2D eigenvalue weighted by molar-refractivity contribution is 0.0944. The molecular weight excluding hydrogens is 214 g/mol. The highest BCUT2D eigenvalue weighted by atomic mass is 16.4. The normalized spacial score (nSPS) is 46.8. The molecule has 2 atom stereocenters. The quantitative estimate of drug-likeness (QED) is 0.577. The van der Waals surface area contributed by atoms with E-state index in [2.05, 4.69) is 28.8 Å². The molecular formula is C13H23N3O. The van der Waals surface area contributed by atoms with Crippen LogP contribution in [0.1, 0.15) is 20.3 Å². The molecule has 4 rings (SSSR count). The third kappa shape index (κ3) is 1.78. The number of hydrogen-bond donors (Lipinski definition) is 1. The van der Waals surface area contributed by atoms with E-state index in [1.54, 1.807) is 0 Å². The van der Waals surface area contributed by atoms with Crippen molar-refractivity contribution < 1.29 is 5.21 Å². The maximum absolute atomic E-state index is 9.42. The summed E-state index contributed by atoms with van der Waals surface area (Å²) in [6.07, 6.45) is 1.15. The summed E-state index contributed by atoms with van der Waals surface area (Å²) in [4.78, 5) is 5.16. The van der Waals surface area contributed by atoms with Crippen molar-refractivity contribution in [2.75, 3.05) is 39.3 Å². The van der Waals surface area contributed by atoms with Crippen LogP contribution in [-0.2, 0) is 0 Å². The van der Waals surface area contributed by atoms with Gasteiger partial charge in [0.15, 0.2) is 0 Å². The maximum atomic E-state index is 9.42. The number of rotatable bonds is 2. The Morgan fingerprint density at radius 1 is 1.29 bits per heavy atom. The van der Waals surface area contributed by atoms with Crippen molar-refractivity contribution in [2.24, 2.45) is 22.4 Å². The van der Waals surface area contributed by atoms with Crippen LogP contribution in [-0.4, -0.2) is 60.0 Å². The highest BCUT2D eigenvalue weighted by Crippen LogP contribution is 2.42. The van der Waals surface area contributed by atoms with Gasteiger partial charge >= 0.3 is 0 Å². The summed E-state index contributed by atoms with van der Waals surface area (Å²) in [6.45, 7) is 11.3. The molecule has 1 N–H and O–H groups in total. The standard InChI is InChI=1S/C13H23N3O/c1-10(2)5-13-8-15-3-4-16(9-13)7-11(6-15)12(13)14-17/h10-11,17H,3-9H2,1-2H3/b14-12+. The second-order valence-corrected chi connectivity index (χ2v) is 6.53. The third-order valence-corrected chi connectivity index (χ3v) is 4.58. The van der Waals surface area contributed by atoms with Crippen molar-refractivity contribution in [3.05, 3.63) is 0 Å². The SMILES string of the molecule is CC(C)CC12CN3CCN(CC(C3)/C1=N\O)C2. The highest BCUT2D eigenvalue weighted by Gasteiger charge is 2.52. The van der Waals surface area contributed by atoms with Crippen molar-refractivity contribution in [1.82, 2.24) is 9.80 Å². The fourth-order valence-corrected chi connectivity index (χ4v) is 4.31. The first kappa shape index (κ1) is 11.5. The van der Waals surface area contributed by atoms with Crippen LogP contribution in [0.2, 0.25) is 0 Å². The summed E-state index contributed by atoms with van der Waals surface area (Å²) in [5.74, 6) is 1.12. The first-order chi connectivity index (χ1) is 8.13. The molecule has 0 spiro atoms. The van der Waals surface area contributed by atoms with Crippen LogP contribution in [0.25, 0.3) is 0 Å². The second kappa shape index (κ2) is 3.95. The van der Waals surface area contributed by atoms with Gasteiger partial charge in [0.1, 0.15) is 0 Å². The molecule has 4 aliphatic rings. The van der Waals surface area contributed by atoms with E-state index in [0.29, 0.717) is 11.8 Å². The van der Waals surface area contributed by atoms with Crippen LogP contribution < -0.4 is 0 Å². The molecule has 17 heavy (non-hydrogen) atoms. The van der Waals surface area contributed by atoms with Gasteiger partial charge in [0.2, 0.25) is 0 Å². The van der Waals surface area contributed by atoms with E-state index in [9.17, 15) is 5.21 Å². The lowest BCUT2D eigenvalue weighted by Crippen LogP contribution is -2.61. The molecule has 4 heteroatoms. The van der Waals surface area contributed by atoms with E-state index in [-0.39, 0.29) is 5.41 Å². The number of nitrogens with zero attached hydrogens (tertiary/aromatic N) is 3. The van der Waals surface area contributed by atoms with Gasteiger partial charge < -0.3 is 15.0 Å². The summed E-state index contributed by atoms with van der Waals surface area (Å²) in [6, 6.07) is 0. The topological polar surface area (TPSA) is 39.1 Å². The van der Waals surface area contributed by atoms with Gasteiger partial charge in [0.05, 0.1) is 5.71 Å². The maximum Gasteiger partial charge on any atom is 0.0714 e. The lowest BCUT2D eigenvalue weighted by atomic mass is 9.66. The molecule has 4 saturated heterocycles. The fourth-order valence-electron chi connectivity index (χ4n) is 4.31. The minimum Gasteiger partial charge on any atom is -0.411 e. The average molecular weight is 237 g/mol. The van der Waals surface area contributed by atoms with Gasteiger partial charge in [-0.15, -0.1) is 0 Å². The van der Waals surface area contributed by atoms with Gasteiger partial charge in [-0.25, -0.2) is 0 Å². The number of fused-ring (bicyclic) bond motifs is 1. The van der Waals surface area contributed by atoms with E-state index in [1.807, 2.05) is 0 Å². The predicted molar refractivity (Wildman–Crippen MR) is 67.5 cm³/mol. The van der Waals surface area contributed by atoms with Gasteiger partial charge in [-0.1, -0.05) is 19.0 Å². The van der Waals surface area contributed by atoms with Gasteiger partial charge in [0.25, 0.3) is 0 Å². The van der Waals surface area contributed by atoms with Crippen LogP contribution in [0.15, 0.2) is 5.16 Å². The second-order valence-electron chi connectivity index (χ2n) is 6.53. The Morgan fingerprint density at radius 3 is 2.35 bits per heavy atom. The minimum atomic E-state index is 0.126. The molecule has 0 aromatic rings. The zero-order valence-electron chi connectivity index (χ0n) is 10.9. The van der Waals surface area contributed by atoms with Crippen molar-refractivity contribution in [2.45, 2.75) is 20.3 Å². The molecule has 4 fully saturated rings. The van der Waals surface area contributed by atoms with Crippen molar-refractivity contribution in [1.29, 1.82) is 0 Å². The van der Waals surface area contributed by atoms with E-state index >= 15 is 0 Å². The van der Waals surface area contributed by atoms with E-state index in [4.69, 9.17) is 0 Å². The zero-order valence-corrected chi connectivity index (χ0v) is 10.9. The average Bonchev–Trinajstić information content (AvgIpc) is 2.45. The summed E-state index contributed by atoms with van der Waals surface area (Å²) in [7, 11) is 0. The first-order valence-electron chi connectivity index (χ1n) is 6.80. The fraction of sp³-hybridized carbons (Fsp3) is 0.923. The molecule has 0 aliphatic carbocycles. The van der Waals surface area contributed by atoms with Gasteiger partial charge in [-0.05, 0) is 12.3 Å². The number of oxime groups is 1. The zero-order chi connectivity index (χ0) is 12.0. The molecule has 96 valence electrons. The summed E-state index contributed by atoms with van der Waals surface area (Å²) >= 11 is 0. The van der Waals surface area contributed by atoms with Crippen molar-refractivity contribution >= 4 is 5.71 Å². The van der Waals surface area contributed by atoms with Gasteiger partial charge in [-0.3, -0.25) is 0 Å². The molecule has 4 nitrogen and oxygen atoms in total. The monoisotopic (exact) mass is 237 g/mol. The molecule has 0 radical (unpaired) electrons. The minimum absolute atomic E-state index is 0.126. The molecule has 0 aromatic heterocycles. The van der Waals surface area contributed by atoms with Crippen molar-refractivity contribution in [3.8, 4) is 0 Å². The predicted octanol–water partition coefficient (Wildman–Crippen LogP) is 1.11. The van der Waals surface area contributed by atoms with E-state index < -0.39 is 0 Å². The molecule has 0 aromatic carbocycles.